The lowest BCUT2D eigenvalue weighted by Gasteiger charge is -2.36. The Kier molecular flexibility index (Phi) is 7.23. The fourth-order valence-electron chi connectivity index (χ4n) is 4.44. The van der Waals surface area contributed by atoms with E-state index in [4.69, 9.17) is 0 Å². The molecule has 1 atom stereocenters. The zero-order chi connectivity index (χ0) is 22.3. The third kappa shape index (κ3) is 5.57. The predicted molar refractivity (Wildman–Crippen MR) is 132 cm³/mol. The lowest BCUT2D eigenvalue weighted by atomic mass is 9.96. The molecule has 3 aromatic rings. The SMILES string of the molecule is CN(C)c1ccc(C(CNC(=O)CCc2ccccc2)N2CCc3ccccc3C2)cc1. The summed E-state index contributed by atoms with van der Waals surface area (Å²) in [7, 11) is 4.11. The van der Waals surface area contributed by atoms with Gasteiger partial charge >= 0.3 is 0 Å². The van der Waals surface area contributed by atoms with Crippen LogP contribution in [0.25, 0.3) is 0 Å². The zero-order valence-corrected chi connectivity index (χ0v) is 19.1. The number of hydrogen-bond acceptors (Lipinski definition) is 3. The van der Waals surface area contributed by atoms with E-state index in [0.29, 0.717) is 13.0 Å². The summed E-state index contributed by atoms with van der Waals surface area (Å²) < 4.78 is 0. The van der Waals surface area contributed by atoms with Crippen LogP contribution in [0.1, 0.15) is 34.7 Å². The fourth-order valence-corrected chi connectivity index (χ4v) is 4.44. The summed E-state index contributed by atoms with van der Waals surface area (Å²) in [5.74, 6) is 0.112. The molecule has 0 spiro atoms. The molecule has 0 aromatic heterocycles. The van der Waals surface area contributed by atoms with Crippen LogP contribution in [0.15, 0.2) is 78.9 Å². The summed E-state index contributed by atoms with van der Waals surface area (Å²) in [6.45, 7) is 2.53. The highest BCUT2D eigenvalue weighted by atomic mass is 16.1. The van der Waals surface area contributed by atoms with E-state index in [2.05, 4.69) is 89.9 Å². The molecule has 32 heavy (non-hydrogen) atoms. The molecule has 1 amide bonds. The van der Waals surface area contributed by atoms with Gasteiger partial charge < -0.3 is 10.2 Å². The third-order valence-corrected chi connectivity index (χ3v) is 6.37. The van der Waals surface area contributed by atoms with E-state index in [1.807, 2.05) is 18.2 Å². The van der Waals surface area contributed by atoms with Crippen LogP contribution in [0.5, 0.6) is 0 Å². The summed E-state index contributed by atoms with van der Waals surface area (Å²) in [6, 6.07) is 27.8. The van der Waals surface area contributed by atoms with Crippen LogP contribution in [0.2, 0.25) is 0 Å². The van der Waals surface area contributed by atoms with E-state index in [1.54, 1.807) is 0 Å². The lowest BCUT2D eigenvalue weighted by Crippen LogP contribution is -2.40. The van der Waals surface area contributed by atoms with Crippen molar-refractivity contribution in [1.29, 1.82) is 0 Å². The molecule has 1 unspecified atom stereocenters. The fraction of sp³-hybridized carbons (Fsp3) is 0.321. The molecule has 4 rings (SSSR count). The smallest absolute Gasteiger partial charge is 0.220 e. The number of benzene rings is 3. The van der Waals surface area contributed by atoms with Gasteiger partial charge in [-0.3, -0.25) is 9.69 Å². The van der Waals surface area contributed by atoms with Crippen LogP contribution >= 0.6 is 0 Å². The molecule has 1 N–H and O–H groups in total. The highest BCUT2D eigenvalue weighted by Crippen LogP contribution is 2.28. The molecule has 4 nitrogen and oxygen atoms in total. The van der Waals surface area contributed by atoms with Gasteiger partial charge in [0.25, 0.3) is 0 Å². The largest absolute Gasteiger partial charge is 0.378 e. The van der Waals surface area contributed by atoms with Gasteiger partial charge in [-0.2, -0.15) is 0 Å². The average molecular weight is 428 g/mol. The molecule has 1 aliphatic heterocycles. The van der Waals surface area contributed by atoms with E-state index in [-0.39, 0.29) is 11.9 Å². The minimum Gasteiger partial charge on any atom is -0.378 e. The van der Waals surface area contributed by atoms with Crippen molar-refractivity contribution in [1.82, 2.24) is 10.2 Å². The minimum atomic E-state index is 0.112. The molecule has 0 saturated carbocycles. The van der Waals surface area contributed by atoms with E-state index in [0.717, 1.165) is 25.9 Å². The molecule has 0 radical (unpaired) electrons. The van der Waals surface area contributed by atoms with Crippen molar-refractivity contribution in [2.24, 2.45) is 0 Å². The van der Waals surface area contributed by atoms with Crippen molar-refractivity contribution in [3.63, 3.8) is 0 Å². The first-order valence-corrected chi connectivity index (χ1v) is 11.5. The van der Waals surface area contributed by atoms with Gasteiger partial charge in [0, 0.05) is 45.8 Å². The van der Waals surface area contributed by atoms with Crippen LogP contribution < -0.4 is 10.2 Å². The Bertz CT molecular complexity index is 1010. The minimum absolute atomic E-state index is 0.112. The highest BCUT2D eigenvalue weighted by molar-refractivity contribution is 5.76. The third-order valence-electron chi connectivity index (χ3n) is 6.37. The van der Waals surface area contributed by atoms with Gasteiger partial charge in [-0.05, 0) is 47.2 Å². The molecule has 3 aromatic carbocycles. The van der Waals surface area contributed by atoms with Gasteiger partial charge in [0.05, 0.1) is 6.04 Å². The van der Waals surface area contributed by atoms with E-state index >= 15 is 0 Å². The number of hydrogen-bond donors (Lipinski definition) is 1. The Hall–Kier alpha value is -3.11. The number of anilines is 1. The van der Waals surface area contributed by atoms with Gasteiger partial charge in [-0.15, -0.1) is 0 Å². The highest BCUT2D eigenvalue weighted by Gasteiger charge is 2.25. The number of carbonyl (C=O) groups is 1. The lowest BCUT2D eigenvalue weighted by molar-refractivity contribution is -0.121. The maximum Gasteiger partial charge on any atom is 0.220 e. The van der Waals surface area contributed by atoms with E-state index < -0.39 is 0 Å². The molecule has 0 fully saturated rings. The molecule has 1 heterocycles. The second-order valence-electron chi connectivity index (χ2n) is 8.78. The predicted octanol–water partition coefficient (Wildman–Crippen LogP) is 4.60. The van der Waals surface area contributed by atoms with Crippen LogP contribution in [0, 0.1) is 0 Å². The Labute approximate surface area is 191 Å². The molecule has 0 saturated heterocycles. The van der Waals surface area contributed by atoms with Crippen molar-refractivity contribution in [2.45, 2.75) is 31.8 Å². The number of fused-ring (bicyclic) bond motifs is 1. The number of carbonyl (C=O) groups excluding carboxylic acids is 1. The topological polar surface area (TPSA) is 35.6 Å². The Morgan fingerprint density at radius 2 is 1.62 bits per heavy atom. The number of nitrogens with one attached hydrogen (secondary N) is 1. The van der Waals surface area contributed by atoms with Crippen LogP contribution in [0.4, 0.5) is 5.69 Å². The molecular formula is C28H33N3O. The maximum absolute atomic E-state index is 12.6. The maximum atomic E-state index is 12.6. The van der Waals surface area contributed by atoms with Crippen LogP contribution in [-0.2, 0) is 24.2 Å². The Morgan fingerprint density at radius 1 is 0.938 bits per heavy atom. The van der Waals surface area contributed by atoms with Gasteiger partial charge in [0.1, 0.15) is 0 Å². The van der Waals surface area contributed by atoms with Crippen molar-refractivity contribution in [2.75, 3.05) is 32.1 Å². The van der Waals surface area contributed by atoms with Crippen molar-refractivity contribution in [3.05, 3.63) is 101 Å². The molecule has 0 aliphatic carbocycles. The first-order chi connectivity index (χ1) is 15.6. The monoisotopic (exact) mass is 427 g/mol. The number of amides is 1. The first kappa shape index (κ1) is 22.1. The number of rotatable bonds is 8. The standard InChI is InChI=1S/C28H33N3O/c1-30(2)26-15-13-24(14-16-26)27(31-19-18-23-10-6-7-11-25(23)21-31)20-29-28(32)17-12-22-8-4-3-5-9-22/h3-11,13-16,27H,12,17-21H2,1-2H3,(H,29,32). The van der Waals surface area contributed by atoms with Gasteiger partial charge in [0.15, 0.2) is 0 Å². The average Bonchev–Trinajstić information content (AvgIpc) is 2.83. The van der Waals surface area contributed by atoms with E-state index in [9.17, 15) is 4.79 Å². The second-order valence-corrected chi connectivity index (χ2v) is 8.78. The normalized spacial score (nSPS) is 14.4. The molecule has 166 valence electrons. The molecule has 1 aliphatic rings. The van der Waals surface area contributed by atoms with Gasteiger partial charge in [-0.1, -0.05) is 66.7 Å². The summed E-state index contributed by atoms with van der Waals surface area (Å²) in [6.07, 6.45) is 2.33. The second kappa shape index (κ2) is 10.5. The van der Waals surface area contributed by atoms with Crippen LogP contribution in [-0.4, -0.2) is 38.0 Å². The number of aryl methyl sites for hydroxylation is 1. The van der Waals surface area contributed by atoms with E-state index in [1.165, 1.54) is 27.9 Å². The van der Waals surface area contributed by atoms with Crippen LogP contribution in [0.3, 0.4) is 0 Å². The molecule has 4 heteroatoms. The number of nitrogens with zero attached hydrogens (tertiary/aromatic N) is 2. The Morgan fingerprint density at radius 3 is 2.34 bits per heavy atom. The summed E-state index contributed by atoms with van der Waals surface area (Å²) in [5, 5.41) is 3.22. The van der Waals surface area contributed by atoms with Crippen molar-refractivity contribution >= 4 is 11.6 Å². The zero-order valence-electron chi connectivity index (χ0n) is 19.1. The van der Waals surface area contributed by atoms with Crippen molar-refractivity contribution < 1.29 is 4.79 Å². The summed E-state index contributed by atoms with van der Waals surface area (Å²) in [5.41, 5.74) is 6.47. The first-order valence-electron chi connectivity index (χ1n) is 11.5. The summed E-state index contributed by atoms with van der Waals surface area (Å²) in [4.78, 5) is 17.3. The Balaban J connectivity index is 1.45. The molecule has 0 bridgehead atoms. The molecular weight excluding hydrogens is 394 g/mol. The summed E-state index contributed by atoms with van der Waals surface area (Å²) >= 11 is 0. The quantitative estimate of drug-likeness (QED) is 0.571. The van der Waals surface area contributed by atoms with Crippen molar-refractivity contribution in [3.8, 4) is 0 Å². The van der Waals surface area contributed by atoms with Gasteiger partial charge in [0.2, 0.25) is 5.91 Å². The van der Waals surface area contributed by atoms with Gasteiger partial charge in [-0.25, -0.2) is 0 Å².